The third kappa shape index (κ3) is 4.27. The second-order valence-electron chi connectivity index (χ2n) is 7.45. The molecule has 2 saturated heterocycles. The first kappa shape index (κ1) is 19.9. The summed E-state index contributed by atoms with van der Waals surface area (Å²) in [5, 5.41) is 2.78. The van der Waals surface area contributed by atoms with Crippen LogP contribution in [0.3, 0.4) is 0 Å². The zero-order chi connectivity index (χ0) is 20.9. The Balaban J connectivity index is 1.39. The number of piperazine rings is 2. The van der Waals surface area contributed by atoms with Gasteiger partial charge in [0, 0.05) is 57.3 Å². The quantitative estimate of drug-likeness (QED) is 0.809. The van der Waals surface area contributed by atoms with E-state index in [2.05, 4.69) is 27.3 Å². The van der Waals surface area contributed by atoms with Gasteiger partial charge in [0.25, 0.3) is 5.91 Å². The molecule has 0 bridgehead atoms. The normalized spacial score (nSPS) is 19.4. The van der Waals surface area contributed by atoms with Gasteiger partial charge in [0.15, 0.2) is 0 Å². The van der Waals surface area contributed by atoms with Crippen LogP contribution in [0.25, 0.3) is 0 Å². The third-order valence-electron chi connectivity index (χ3n) is 5.62. The van der Waals surface area contributed by atoms with E-state index in [-0.39, 0.29) is 24.1 Å². The number of hydrogen-bond donors (Lipinski definition) is 1. The van der Waals surface area contributed by atoms with Crippen LogP contribution in [0.1, 0.15) is 16.8 Å². The SMILES string of the molecule is O=C1NCCN(C(=O)c2cccnc2)C1CC(=O)N1CCN(c2ccccc2)CC1. The third-order valence-corrected chi connectivity index (χ3v) is 5.62. The topological polar surface area (TPSA) is 85.8 Å². The number of nitrogens with one attached hydrogen (secondary N) is 1. The minimum absolute atomic E-state index is 0.0107. The van der Waals surface area contributed by atoms with Crippen molar-refractivity contribution >= 4 is 23.4 Å². The lowest BCUT2D eigenvalue weighted by Gasteiger charge is -2.38. The minimum atomic E-state index is -0.800. The maximum absolute atomic E-state index is 12.9. The Kier molecular flexibility index (Phi) is 5.92. The number of aromatic nitrogens is 1. The van der Waals surface area contributed by atoms with Crippen LogP contribution in [0.5, 0.6) is 0 Å². The predicted molar refractivity (Wildman–Crippen MR) is 112 cm³/mol. The van der Waals surface area contributed by atoms with Gasteiger partial charge in [-0.25, -0.2) is 0 Å². The molecule has 30 heavy (non-hydrogen) atoms. The number of anilines is 1. The van der Waals surface area contributed by atoms with Crippen molar-refractivity contribution in [1.82, 2.24) is 20.1 Å². The van der Waals surface area contributed by atoms with Crippen molar-refractivity contribution in [1.29, 1.82) is 0 Å². The van der Waals surface area contributed by atoms with Gasteiger partial charge in [0.1, 0.15) is 6.04 Å². The highest BCUT2D eigenvalue weighted by molar-refractivity contribution is 5.99. The van der Waals surface area contributed by atoms with Crippen LogP contribution in [0.15, 0.2) is 54.9 Å². The molecule has 1 atom stereocenters. The van der Waals surface area contributed by atoms with Gasteiger partial charge >= 0.3 is 0 Å². The lowest BCUT2D eigenvalue weighted by molar-refractivity contribution is -0.138. The molecule has 1 aromatic carbocycles. The highest BCUT2D eigenvalue weighted by Crippen LogP contribution is 2.18. The van der Waals surface area contributed by atoms with Crippen LogP contribution >= 0.6 is 0 Å². The Morgan fingerprint density at radius 2 is 1.77 bits per heavy atom. The molecule has 1 N–H and O–H groups in total. The van der Waals surface area contributed by atoms with Crippen molar-refractivity contribution in [2.45, 2.75) is 12.5 Å². The number of hydrogen-bond acceptors (Lipinski definition) is 5. The van der Waals surface area contributed by atoms with Crippen molar-refractivity contribution < 1.29 is 14.4 Å². The van der Waals surface area contributed by atoms with Gasteiger partial charge in [-0.05, 0) is 24.3 Å². The number of amides is 3. The van der Waals surface area contributed by atoms with Crippen LogP contribution in [0.4, 0.5) is 5.69 Å². The van der Waals surface area contributed by atoms with E-state index in [0.29, 0.717) is 31.7 Å². The van der Waals surface area contributed by atoms with E-state index in [1.54, 1.807) is 23.2 Å². The fraction of sp³-hybridized carbons (Fsp3) is 0.364. The van der Waals surface area contributed by atoms with Gasteiger partial charge in [-0.3, -0.25) is 19.4 Å². The Hall–Kier alpha value is -3.42. The molecule has 0 aliphatic carbocycles. The van der Waals surface area contributed by atoms with Crippen LogP contribution in [-0.2, 0) is 9.59 Å². The number of rotatable bonds is 4. The van der Waals surface area contributed by atoms with Crippen LogP contribution in [0, 0.1) is 0 Å². The number of nitrogens with zero attached hydrogens (tertiary/aromatic N) is 4. The molecule has 2 aliphatic heterocycles. The zero-order valence-corrected chi connectivity index (χ0v) is 16.7. The van der Waals surface area contributed by atoms with E-state index in [1.807, 2.05) is 18.2 Å². The van der Waals surface area contributed by atoms with Gasteiger partial charge < -0.3 is 20.0 Å². The highest BCUT2D eigenvalue weighted by Gasteiger charge is 2.36. The molecule has 4 rings (SSSR count). The molecule has 3 heterocycles. The summed E-state index contributed by atoms with van der Waals surface area (Å²) >= 11 is 0. The summed E-state index contributed by atoms with van der Waals surface area (Å²) in [5.41, 5.74) is 1.56. The van der Waals surface area contributed by atoms with Crippen LogP contribution < -0.4 is 10.2 Å². The van der Waals surface area contributed by atoms with Crippen molar-refractivity contribution in [2.75, 3.05) is 44.2 Å². The molecule has 8 heteroatoms. The molecule has 2 fully saturated rings. The van der Waals surface area contributed by atoms with Gasteiger partial charge in [-0.15, -0.1) is 0 Å². The lowest BCUT2D eigenvalue weighted by Crippen LogP contribution is -2.59. The number of para-hydroxylation sites is 1. The highest BCUT2D eigenvalue weighted by atomic mass is 16.2. The summed E-state index contributed by atoms with van der Waals surface area (Å²) in [6, 6.07) is 12.7. The lowest BCUT2D eigenvalue weighted by atomic mass is 10.1. The zero-order valence-electron chi connectivity index (χ0n) is 16.7. The molecule has 2 aliphatic rings. The molecular weight excluding hydrogens is 382 g/mol. The molecule has 1 unspecified atom stereocenters. The van der Waals surface area contributed by atoms with E-state index in [1.165, 1.54) is 11.1 Å². The Bertz CT molecular complexity index is 898. The molecule has 0 spiro atoms. The van der Waals surface area contributed by atoms with Crippen molar-refractivity contribution in [2.24, 2.45) is 0 Å². The first-order valence-corrected chi connectivity index (χ1v) is 10.2. The first-order valence-electron chi connectivity index (χ1n) is 10.2. The fourth-order valence-corrected chi connectivity index (χ4v) is 3.96. The van der Waals surface area contributed by atoms with Gasteiger partial charge in [0.05, 0.1) is 12.0 Å². The summed E-state index contributed by atoms with van der Waals surface area (Å²) in [7, 11) is 0. The van der Waals surface area contributed by atoms with Gasteiger partial charge in [-0.1, -0.05) is 18.2 Å². The monoisotopic (exact) mass is 407 g/mol. The van der Waals surface area contributed by atoms with Crippen LogP contribution in [-0.4, -0.2) is 77.8 Å². The van der Waals surface area contributed by atoms with E-state index >= 15 is 0 Å². The molecule has 3 amide bonds. The average molecular weight is 407 g/mol. The summed E-state index contributed by atoms with van der Waals surface area (Å²) < 4.78 is 0. The van der Waals surface area contributed by atoms with Crippen molar-refractivity contribution in [3.05, 3.63) is 60.4 Å². The number of pyridine rings is 1. The second kappa shape index (κ2) is 8.94. The smallest absolute Gasteiger partial charge is 0.256 e. The van der Waals surface area contributed by atoms with Crippen molar-refractivity contribution in [3.8, 4) is 0 Å². The van der Waals surface area contributed by atoms with E-state index in [0.717, 1.165) is 18.8 Å². The van der Waals surface area contributed by atoms with E-state index in [4.69, 9.17) is 0 Å². The summed E-state index contributed by atoms with van der Waals surface area (Å²) in [5.74, 6) is -0.659. The summed E-state index contributed by atoms with van der Waals surface area (Å²) in [6.45, 7) is 3.43. The average Bonchev–Trinajstić information content (AvgIpc) is 2.81. The van der Waals surface area contributed by atoms with Gasteiger partial charge in [0.2, 0.25) is 11.8 Å². The predicted octanol–water partition coefficient (Wildman–Crippen LogP) is 0.761. The summed E-state index contributed by atoms with van der Waals surface area (Å²) in [6.07, 6.45) is 3.06. The molecule has 0 radical (unpaired) electrons. The first-order chi connectivity index (χ1) is 14.6. The molecular formula is C22H25N5O3. The van der Waals surface area contributed by atoms with E-state index < -0.39 is 6.04 Å². The second-order valence-corrected chi connectivity index (χ2v) is 7.45. The number of benzene rings is 1. The summed E-state index contributed by atoms with van der Waals surface area (Å²) in [4.78, 5) is 47.8. The Labute approximate surface area is 175 Å². The minimum Gasteiger partial charge on any atom is -0.368 e. The molecule has 0 saturated carbocycles. The molecule has 2 aromatic rings. The standard InChI is InChI=1S/C22H25N5O3/c28-20(26-13-11-25(12-14-26)18-6-2-1-3-7-18)15-19-21(29)24-9-10-27(19)22(30)17-5-4-8-23-16-17/h1-8,16,19H,9-15H2,(H,24,29). The van der Waals surface area contributed by atoms with Crippen molar-refractivity contribution in [3.63, 3.8) is 0 Å². The van der Waals surface area contributed by atoms with Crippen LogP contribution in [0.2, 0.25) is 0 Å². The van der Waals surface area contributed by atoms with Gasteiger partial charge in [-0.2, -0.15) is 0 Å². The Morgan fingerprint density at radius 1 is 1.00 bits per heavy atom. The Morgan fingerprint density at radius 3 is 2.47 bits per heavy atom. The number of carbonyl (C=O) groups excluding carboxylic acids is 3. The molecule has 156 valence electrons. The fourth-order valence-electron chi connectivity index (χ4n) is 3.96. The largest absolute Gasteiger partial charge is 0.368 e. The maximum atomic E-state index is 12.9. The maximum Gasteiger partial charge on any atom is 0.256 e. The number of carbonyl (C=O) groups is 3. The van der Waals surface area contributed by atoms with E-state index in [9.17, 15) is 14.4 Å². The molecule has 1 aromatic heterocycles. The molecule has 8 nitrogen and oxygen atoms in total.